The van der Waals surface area contributed by atoms with Crippen LogP contribution in [0.1, 0.15) is 63.8 Å². The van der Waals surface area contributed by atoms with E-state index in [1.807, 2.05) is 4.57 Å². The second kappa shape index (κ2) is 10.6. The van der Waals surface area contributed by atoms with Gasteiger partial charge in [-0.05, 0) is 50.0 Å². The number of rotatable bonds is 12. The smallest absolute Gasteiger partial charge is 0.388 e. The highest BCUT2D eigenvalue weighted by Gasteiger charge is 2.44. The Kier molecular flexibility index (Phi) is 7.13. The van der Waals surface area contributed by atoms with E-state index >= 15 is 0 Å². The molecule has 0 radical (unpaired) electrons. The molecule has 3 aromatic heterocycles. The first-order valence-electron chi connectivity index (χ1n) is 13.3. The molecule has 0 aromatic carbocycles. The Hall–Kier alpha value is -3.29. The molecule has 5 atom stereocenters. The maximum absolute atomic E-state index is 13.6. The maximum atomic E-state index is 13.6. The van der Waals surface area contributed by atoms with Gasteiger partial charge in [0.15, 0.2) is 5.78 Å². The van der Waals surface area contributed by atoms with Crippen LogP contribution in [0.4, 0.5) is 29.3 Å². The zero-order valence-electron chi connectivity index (χ0n) is 21.7. The van der Waals surface area contributed by atoms with Crippen LogP contribution in [0.15, 0.2) is 12.4 Å². The summed E-state index contributed by atoms with van der Waals surface area (Å²) in [5.41, 5.74) is 1.41. The van der Waals surface area contributed by atoms with Crippen LogP contribution < -0.4 is 10.1 Å². The van der Waals surface area contributed by atoms with E-state index in [1.54, 1.807) is 13.4 Å². The minimum absolute atomic E-state index is 0.0343. The fourth-order valence-corrected chi connectivity index (χ4v) is 6.85. The van der Waals surface area contributed by atoms with Crippen LogP contribution in [0.25, 0.3) is 0 Å². The Bertz CT molecular complexity index is 1440. The van der Waals surface area contributed by atoms with Crippen molar-refractivity contribution < 1.29 is 31.9 Å². The maximum Gasteiger partial charge on any atom is 0.388 e. The van der Waals surface area contributed by atoms with Gasteiger partial charge < -0.3 is 10.1 Å². The third kappa shape index (κ3) is 5.50. The number of nitrogens with one attached hydrogen (secondary N) is 1. The number of carbonyl (C=O) groups excluding carboxylic acids is 2. The Labute approximate surface area is 230 Å². The normalized spacial score (nSPS) is 25.1. The molecule has 0 unspecified atom stereocenters. The highest BCUT2D eigenvalue weighted by Crippen LogP contribution is 2.43. The van der Waals surface area contributed by atoms with Crippen LogP contribution in [0.5, 0.6) is 5.88 Å². The molecule has 40 heavy (non-hydrogen) atoms. The number of anilines is 2. The van der Waals surface area contributed by atoms with Gasteiger partial charge >= 0.3 is 6.61 Å². The molecule has 9 nitrogen and oxygen atoms in total. The number of Topliss-reactive ketones (excluding diaryl/α,β-unsaturated/α-hetero) is 2. The van der Waals surface area contributed by atoms with Crippen LogP contribution >= 0.6 is 11.3 Å². The van der Waals surface area contributed by atoms with Crippen LogP contribution in [0, 0.1) is 11.8 Å². The molecule has 2 saturated carbocycles. The van der Waals surface area contributed by atoms with Crippen molar-refractivity contribution in [2.24, 2.45) is 18.9 Å². The molecular weight excluding hydrogens is 552 g/mol. The number of aryl methyl sites for hydroxylation is 2. The molecule has 3 aliphatic carbocycles. The van der Waals surface area contributed by atoms with Crippen LogP contribution in [0.3, 0.4) is 0 Å². The van der Waals surface area contributed by atoms with Gasteiger partial charge in [0.2, 0.25) is 11.8 Å². The fraction of sp³-hybridized carbons (Fsp3) is 0.577. The number of hydrogen-bond acceptors (Lipinski definition) is 8. The molecule has 214 valence electrons. The molecule has 1 N–H and O–H groups in total. The lowest BCUT2D eigenvalue weighted by molar-refractivity contribution is -0.119. The molecule has 0 aliphatic heterocycles. The highest BCUT2D eigenvalue weighted by molar-refractivity contribution is 7.12. The zero-order chi connectivity index (χ0) is 28.1. The van der Waals surface area contributed by atoms with Crippen molar-refractivity contribution in [1.29, 1.82) is 0 Å². The average molecular weight is 581 g/mol. The van der Waals surface area contributed by atoms with Crippen molar-refractivity contribution >= 4 is 34.7 Å². The number of nitrogens with zero attached hydrogens (tertiary/aromatic N) is 5. The number of carbonyl (C=O) groups is 2. The minimum Gasteiger partial charge on any atom is -0.415 e. The van der Waals surface area contributed by atoms with Gasteiger partial charge in [-0.3, -0.25) is 14.2 Å². The molecule has 0 spiro atoms. The lowest BCUT2D eigenvalue weighted by Gasteiger charge is -2.25. The van der Waals surface area contributed by atoms with E-state index in [1.165, 1.54) is 22.1 Å². The molecule has 0 saturated heterocycles. The zero-order valence-corrected chi connectivity index (χ0v) is 22.5. The summed E-state index contributed by atoms with van der Waals surface area (Å²) >= 11 is 1.45. The van der Waals surface area contributed by atoms with E-state index in [0.29, 0.717) is 54.3 Å². The van der Waals surface area contributed by atoms with Gasteiger partial charge in [0, 0.05) is 47.3 Å². The van der Waals surface area contributed by atoms with Crippen LogP contribution in [0.2, 0.25) is 0 Å². The third-order valence-electron chi connectivity index (χ3n) is 7.90. The number of fused-ring (bicyclic) bond motifs is 1. The molecule has 6 rings (SSSR count). The molecule has 0 bridgehead atoms. The lowest BCUT2D eigenvalue weighted by Crippen LogP contribution is -2.20. The predicted octanol–water partition coefficient (Wildman–Crippen LogP) is 4.94. The van der Waals surface area contributed by atoms with Gasteiger partial charge in [0.1, 0.15) is 30.3 Å². The lowest BCUT2D eigenvalue weighted by atomic mass is 9.88. The van der Waals surface area contributed by atoms with E-state index < -0.39 is 24.9 Å². The molecule has 2 fully saturated rings. The van der Waals surface area contributed by atoms with Gasteiger partial charge in [0.05, 0.1) is 5.92 Å². The van der Waals surface area contributed by atoms with Gasteiger partial charge in [-0.25, -0.2) is 13.5 Å². The second-order valence-corrected chi connectivity index (χ2v) is 11.9. The molecule has 14 heteroatoms. The standard InChI is InChI=1S/C26H28F4N6O3S/c1-35-22(10-23(34-35)39-25(29)30)32-26-33-31-11-36(26)13-3-5-20-15(7-13)24(18(37)4-2-12-6-16(12)27)21(40-20)9-19(38)14-8-17(14)28/h10-14,16-17,25H,2-9H2,1H3,(H,32,33)/t12-,13-,14-,16+,17-/m0/s1. The van der Waals surface area contributed by atoms with Crippen molar-refractivity contribution in [3.05, 3.63) is 33.3 Å². The average Bonchev–Trinajstić information content (AvgIpc) is 3.62. The molecule has 3 heterocycles. The largest absolute Gasteiger partial charge is 0.415 e. The summed E-state index contributed by atoms with van der Waals surface area (Å²) in [6, 6.07) is 1.20. The first kappa shape index (κ1) is 26.9. The van der Waals surface area contributed by atoms with Gasteiger partial charge in [0.25, 0.3) is 0 Å². The summed E-state index contributed by atoms with van der Waals surface area (Å²) in [7, 11) is 1.57. The number of aromatic nitrogens is 5. The van der Waals surface area contributed by atoms with Gasteiger partial charge in [-0.1, -0.05) is 0 Å². The molecular formula is C26H28F4N6O3S. The number of ether oxygens (including phenoxy) is 1. The predicted molar refractivity (Wildman–Crippen MR) is 137 cm³/mol. The fourth-order valence-electron chi connectivity index (χ4n) is 5.47. The van der Waals surface area contributed by atoms with Crippen LogP contribution in [-0.2, 0) is 31.1 Å². The van der Waals surface area contributed by atoms with Crippen molar-refractivity contribution in [3.8, 4) is 5.88 Å². The summed E-state index contributed by atoms with van der Waals surface area (Å²) in [6.07, 6.45) is 2.93. The van der Waals surface area contributed by atoms with E-state index in [-0.39, 0.29) is 48.7 Å². The number of halogens is 4. The Morgan fingerprint density at radius 2 is 2.02 bits per heavy atom. The van der Waals surface area contributed by atoms with E-state index in [4.69, 9.17) is 0 Å². The molecule has 3 aromatic rings. The summed E-state index contributed by atoms with van der Waals surface area (Å²) in [6.45, 7) is -3.00. The monoisotopic (exact) mass is 580 g/mol. The summed E-state index contributed by atoms with van der Waals surface area (Å²) in [4.78, 5) is 27.8. The first-order valence-corrected chi connectivity index (χ1v) is 14.1. The molecule has 3 aliphatic rings. The van der Waals surface area contributed by atoms with Crippen molar-refractivity contribution in [2.75, 3.05) is 5.32 Å². The first-order chi connectivity index (χ1) is 19.2. The summed E-state index contributed by atoms with van der Waals surface area (Å²) < 4.78 is 59.8. The second-order valence-electron chi connectivity index (χ2n) is 10.7. The quantitative estimate of drug-likeness (QED) is 0.239. The topological polar surface area (TPSA) is 104 Å². The number of thiophene rings is 1. The Morgan fingerprint density at radius 1 is 1.25 bits per heavy atom. The Morgan fingerprint density at radius 3 is 2.73 bits per heavy atom. The van der Waals surface area contributed by atoms with Crippen molar-refractivity contribution in [1.82, 2.24) is 24.5 Å². The van der Waals surface area contributed by atoms with Crippen LogP contribution in [-0.4, -0.2) is 55.1 Å². The SMILES string of the molecule is Cn1nc(OC(F)F)cc1Nc1nncn1[C@H]1CCc2sc(CC(=O)[C@H]3C[C@@H]3F)c(C(=O)CC[C@H]3C[C@H]3F)c2C1. The van der Waals surface area contributed by atoms with Crippen molar-refractivity contribution in [3.63, 3.8) is 0 Å². The third-order valence-corrected chi connectivity index (χ3v) is 9.19. The van der Waals surface area contributed by atoms with E-state index in [9.17, 15) is 27.2 Å². The van der Waals surface area contributed by atoms with E-state index in [0.717, 1.165) is 10.4 Å². The number of alkyl halides is 4. The van der Waals surface area contributed by atoms with Crippen molar-refractivity contribution in [2.45, 2.75) is 76.4 Å². The number of ketones is 2. The van der Waals surface area contributed by atoms with Gasteiger partial charge in [-0.2, -0.15) is 8.78 Å². The highest BCUT2D eigenvalue weighted by atomic mass is 32.1. The number of hydrogen-bond donors (Lipinski definition) is 1. The van der Waals surface area contributed by atoms with E-state index in [2.05, 4.69) is 25.3 Å². The Balaban J connectivity index is 1.24. The summed E-state index contributed by atoms with van der Waals surface area (Å²) in [5, 5.41) is 15.1. The molecule has 0 amide bonds. The minimum atomic E-state index is -3.00. The summed E-state index contributed by atoms with van der Waals surface area (Å²) in [5.74, 6) is -0.463. The van der Waals surface area contributed by atoms with Gasteiger partial charge in [-0.15, -0.1) is 26.6 Å².